The summed E-state index contributed by atoms with van der Waals surface area (Å²) in [4.78, 5) is 6.75. The van der Waals surface area contributed by atoms with Crippen LogP contribution in [0.25, 0.3) is 0 Å². The van der Waals surface area contributed by atoms with Gasteiger partial charge >= 0.3 is 0 Å². The molecule has 1 aromatic heterocycles. The average Bonchev–Trinajstić information content (AvgIpc) is 2.13. The zero-order valence-corrected chi connectivity index (χ0v) is 10.4. The second kappa shape index (κ2) is 4.60. The zero-order chi connectivity index (χ0) is 10.8. The van der Waals surface area contributed by atoms with Crippen molar-refractivity contribution in [2.75, 3.05) is 7.05 Å². The predicted molar refractivity (Wildman–Crippen MR) is 64.4 cm³/mol. The van der Waals surface area contributed by atoms with E-state index in [4.69, 9.17) is 5.73 Å². The Labute approximate surface area is 98.8 Å². The number of pyridine rings is 1. The minimum Gasteiger partial charge on any atom is -0.328 e. The van der Waals surface area contributed by atoms with Gasteiger partial charge in [0.05, 0.1) is 5.69 Å². The standard InChI is InChI=1S/C11H16BrN3/c1-15(10-5-8(13)6-10)7-9-3-2-4-11(12)14-9/h2-4,8,10H,5-7,13H2,1H3. The maximum Gasteiger partial charge on any atom is 0.106 e. The lowest BCUT2D eigenvalue weighted by Gasteiger charge is -2.39. The smallest absolute Gasteiger partial charge is 0.106 e. The van der Waals surface area contributed by atoms with Gasteiger partial charge < -0.3 is 5.73 Å². The van der Waals surface area contributed by atoms with Gasteiger partial charge in [0, 0.05) is 18.6 Å². The summed E-state index contributed by atoms with van der Waals surface area (Å²) < 4.78 is 0.902. The molecule has 1 aliphatic carbocycles. The van der Waals surface area contributed by atoms with Crippen LogP contribution in [0.2, 0.25) is 0 Å². The predicted octanol–water partition coefficient (Wildman–Crippen LogP) is 1.77. The molecule has 0 unspecified atom stereocenters. The molecule has 1 aromatic rings. The number of aromatic nitrogens is 1. The zero-order valence-electron chi connectivity index (χ0n) is 8.86. The van der Waals surface area contributed by atoms with Gasteiger partial charge in [-0.15, -0.1) is 0 Å². The summed E-state index contributed by atoms with van der Waals surface area (Å²) in [5.41, 5.74) is 6.88. The Bertz CT molecular complexity index is 336. The highest BCUT2D eigenvalue weighted by atomic mass is 79.9. The van der Waals surface area contributed by atoms with Crippen LogP contribution in [0, 0.1) is 0 Å². The lowest BCUT2D eigenvalue weighted by Crippen LogP contribution is -2.48. The molecule has 0 saturated heterocycles. The lowest BCUT2D eigenvalue weighted by molar-refractivity contribution is 0.131. The van der Waals surface area contributed by atoms with E-state index in [1.54, 1.807) is 0 Å². The molecule has 1 aliphatic rings. The highest BCUT2D eigenvalue weighted by Gasteiger charge is 2.29. The molecular weight excluding hydrogens is 254 g/mol. The van der Waals surface area contributed by atoms with Gasteiger partial charge in [-0.3, -0.25) is 4.90 Å². The molecule has 0 aromatic carbocycles. The van der Waals surface area contributed by atoms with Crippen LogP contribution in [0.3, 0.4) is 0 Å². The molecular formula is C11H16BrN3. The van der Waals surface area contributed by atoms with Crippen LogP contribution in [0.4, 0.5) is 0 Å². The van der Waals surface area contributed by atoms with Gasteiger partial charge in [0.1, 0.15) is 4.60 Å². The first kappa shape index (κ1) is 11.0. The highest BCUT2D eigenvalue weighted by Crippen LogP contribution is 2.23. The Morgan fingerprint density at radius 2 is 2.27 bits per heavy atom. The van der Waals surface area contributed by atoms with Gasteiger partial charge in [-0.1, -0.05) is 6.07 Å². The van der Waals surface area contributed by atoms with E-state index in [-0.39, 0.29) is 0 Å². The molecule has 0 radical (unpaired) electrons. The first-order valence-electron chi connectivity index (χ1n) is 5.22. The van der Waals surface area contributed by atoms with Gasteiger partial charge in [0.15, 0.2) is 0 Å². The van der Waals surface area contributed by atoms with Crippen LogP contribution >= 0.6 is 15.9 Å². The Kier molecular flexibility index (Phi) is 3.38. The monoisotopic (exact) mass is 269 g/mol. The minimum atomic E-state index is 0.410. The third-order valence-corrected chi connectivity index (χ3v) is 3.40. The summed E-state index contributed by atoms with van der Waals surface area (Å²) in [6, 6.07) is 7.07. The Balaban J connectivity index is 1.91. The molecule has 1 heterocycles. The number of hydrogen-bond acceptors (Lipinski definition) is 3. The highest BCUT2D eigenvalue weighted by molar-refractivity contribution is 9.10. The number of rotatable bonds is 3. The lowest BCUT2D eigenvalue weighted by atomic mass is 9.86. The third-order valence-electron chi connectivity index (χ3n) is 2.96. The summed E-state index contributed by atoms with van der Waals surface area (Å²) in [5, 5.41) is 0. The van der Waals surface area contributed by atoms with Crippen LogP contribution in [-0.4, -0.2) is 29.0 Å². The number of nitrogens with zero attached hydrogens (tertiary/aromatic N) is 2. The fourth-order valence-corrected chi connectivity index (χ4v) is 2.29. The van der Waals surface area contributed by atoms with Gasteiger partial charge in [0.25, 0.3) is 0 Å². The van der Waals surface area contributed by atoms with Crippen molar-refractivity contribution in [2.45, 2.75) is 31.5 Å². The molecule has 0 bridgehead atoms. The SMILES string of the molecule is CN(Cc1cccc(Br)n1)C1CC(N)C1. The summed E-state index contributed by atoms with van der Waals surface area (Å²) in [6.45, 7) is 0.900. The van der Waals surface area contributed by atoms with Crippen LogP contribution in [-0.2, 0) is 6.54 Å². The van der Waals surface area contributed by atoms with Gasteiger partial charge in [-0.05, 0) is 48.0 Å². The van der Waals surface area contributed by atoms with Crippen molar-refractivity contribution >= 4 is 15.9 Å². The van der Waals surface area contributed by atoms with E-state index in [1.807, 2.05) is 12.1 Å². The van der Waals surface area contributed by atoms with Crippen LogP contribution in [0.5, 0.6) is 0 Å². The number of halogens is 1. The fourth-order valence-electron chi connectivity index (χ4n) is 1.91. The Morgan fingerprint density at radius 1 is 1.53 bits per heavy atom. The van der Waals surface area contributed by atoms with E-state index < -0.39 is 0 Å². The van der Waals surface area contributed by atoms with Crippen molar-refractivity contribution in [3.8, 4) is 0 Å². The molecule has 1 saturated carbocycles. The molecule has 0 aliphatic heterocycles. The fraction of sp³-hybridized carbons (Fsp3) is 0.545. The van der Waals surface area contributed by atoms with Crippen LogP contribution in [0.15, 0.2) is 22.8 Å². The first-order valence-corrected chi connectivity index (χ1v) is 6.01. The third kappa shape index (κ3) is 2.77. The van der Waals surface area contributed by atoms with Crippen molar-refractivity contribution in [1.29, 1.82) is 0 Å². The maximum absolute atomic E-state index is 5.77. The molecule has 1 fully saturated rings. The topological polar surface area (TPSA) is 42.2 Å². The normalized spacial score (nSPS) is 25.3. The number of hydrogen-bond donors (Lipinski definition) is 1. The van der Waals surface area contributed by atoms with Crippen molar-refractivity contribution in [1.82, 2.24) is 9.88 Å². The van der Waals surface area contributed by atoms with E-state index in [1.165, 1.54) is 0 Å². The summed E-state index contributed by atoms with van der Waals surface area (Å²) >= 11 is 3.38. The van der Waals surface area contributed by atoms with Crippen molar-refractivity contribution < 1.29 is 0 Å². The van der Waals surface area contributed by atoms with Crippen molar-refractivity contribution in [3.63, 3.8) is 0 Å². The molecule has 0 amide bonds. The second-order valence-electron chi connectivity index (χ2n) is 4.25. The summed E-state index contributed by atoms with van der Waals surface area (Å²) in [5.74, 6) is 0. The minimum absolute atomic E-state index is 0.410. The Morgan fingerprint density at radius 3 is 2.87 bits per heavy atom. The molecule has 4 heteroatoms. The molecule has 0 spiro atoms. The molecule has 3 nitrogen and oxygen atoms in total. The van der Waals surface area contributed by atoms with E-state index in [9.17, 15) is 0 Å². The van der Waals surface area contributed by atoms with E-state index in [2.05, 4.69) is 38.9 Å². The van der Waals surface area contributed by atoms with Crippen LogP contribution < -0.4 is 5.73 Å². The molecule has 15 heavy (non-hydrogen) atoms. The Hall–Kier alpha value is -0.450. The van der Waals surface area contributed by atoms with E-state index in [0.29, 0.717) is 12.1 Å². The van der Waals surface area contributed by atoms with E-state index >= 15 is 0 Å². The molecule has 2 rings (SSSR count). The van der Waals surface area contributed by atoms with E-state index in [0.717, 1.165) is 29.7 Å². The largest absolute Gasteiger partial charge is 0.328 e. The molecule has 0 atom stereocenters. The summed E-state index contributed by atoms with van der Waals surface area (Å²) in [6.07, 6.45) is 2.23. The number of nitrogens with two attached hydrogens (primary N) is 1. The average molecular weight is 270 g/mol. The molecule has 82 valence electrons. The second-order valence-corrected chi connectivity index (χ2v) is 5.06. The van der Waals surface area contributed by atoms with Crippen molar-refractivity contribution in [3.05, 3.63) is 28.5 Å². The summed E-state index contributed by atoms with van der Waals surface area (Å²) in [7, 11) is 2.14. The first-order chi connectivity index (χ1) is 7.15. The van der Waals surface area contributed by atoms with Gasteiger partial charge in [-0.25, -0.2) is 4.98 Å². The van der Waals surface area contributed by atoms with Gasteiger partial charge in [-0.2, -0.15) is 0 Å². The molecule has 2 N–H and O–H groups in total. The maximum atomic E-state index is 5.77. The quantitative estimate of drug-likeness (QED) is 0.851. The van der Waals surface area contributed by atoms with Gasteiger partial charge in [0.2, 0.25) is 0 Å². The van der Waals surface area contributed by atoms with Crippen molar-refractivity contribution in [2.24, 2.45) is 5.73 Å². The van der Waals surface area contributed by atoms with Crippen LogP contribution in [0.1, 0.15) is 18.5 Å².